The average Bonchev–Trinajstić information content (AvgIpc) is 3.40. The number of ether oxygens (including phenoxy) is 1. The van der Waals surface area contributed by atoms with Crippen molar-refractivity contribution in [1.29, 1.82) is 0 Å². The van der Waals surface area contributed by atoms with Gasteiger partial charge in [-0.15, -0.1) is 0 Å². The van der Waals surface area contributed by atoms with Gasteiger partial charge in [0.25, 0.3) is 0 Å². The van der Waals surface area contributed by atoms with Crippen LogP contribution in [0.5, 0.6) is 0 Å². The summed E-state index contributed by atoms with van der Waals surface area (Å²) in [6.07, 6.45) is 2.43. The van der Waals surface area contributed by atoms with Crippen molar-refractivity contribution in [3.8, 4) is 0 Å². The van der Waals surface area contributed by atoms with Gasteiger partial charge in [-0.25, -0.2) is 4.79 Å². The highest BCUT2D eigenvalue weighted by Crippen LogP contribution is 2.28. The summed E-state index contributed by atoms with van der Waals surface area (Å²) in [6, 6.07) is -0.0842. The van der Waals surface area contributed by atoms with E-state index >= 15 is 0 Å². The Morgan fingerprint density at radius 2 is 1.81 bits per heavy atom. The second-order valence-corrected chi connectivity index (χ2v) is 6.90. The van der Waals surface area contributed by atoms with Crippen molar-refractivity contribution < 1.29 is 14.3 Å². The van der Waals surface area contributed by atoms with E-state index in [2.05, 4.69) is 40.1 Å². The van der Waals surface area contributed by atoms with E-state index < -0.39 is 6.09 Å². The molecule has 0 saturated heterocycles. The molecule has 150 valence electrons. The molecule has 1 rings (SSSR count). The highest BCUT2D eigenvalue weighted by atomic mass is 16.5. The third-order valence-electron chi connectivity index (χ3n) is 3.83. The minimum Gasteiger partial charge on any atom is -0.450 e. The van der Waals surface area contributed by atoms with Crippen LogP contribution in [-0.4, -0.2) is 56.8 Å². The van der Waals surface area contributed by atoms with Gasteiger partial charge in [-0.1, -0.05) is 13.8 Å². The highest BCUT2D eigenvalue weighted by Gasteiger charge is 2.28. The monoisotopic (exact) mass is 369 g/mol. The van der Waals surface area contributed by atoms with Gasteiger partial charge in [0, 0.05) is 25.6 Å². The van der Waals surface area contributed by atoms with Crippen molar-refractivity contribution in [2.45, 2.75) is 53.0 Å². The minimum atomic E-state index is -0.408. The molecule has 0 aromatic carbocycles. The van der Waals surface area contributed by atoms with Crippen LogP contribution in [0.4, 0.5) is 4.79 Å². The van der Waals surface area contributed by atoms with Gasteiger partial charge < -0.3 is 26.0 Å². The number of hydrogen-bond acceptors (Lipinski definition) is 4. The summed E-state index contributed by atoms with van der Waals surface area (Å²) in [7, 11) is 0. The van der Waals surface area contributed by atoms with E-state index in [9.17, 15) is 9.59 Å². The van der Waals surface area contributed by atoms with Crippen LogP contribution in [0.2, 0.25) is 0 Å². The smallest absolute Gasteiger partial charge is 0.407 e. The highest BCUT2D eigenvalue weighted by molar-refractivity contribution is 5.81. The van der Waals surface area contributed by atoms with Gasteiger partial charge in [0.15, 0.2) is 5.96 Å². The van der Waals surface area contributed by atoms with Crippen LogP contribution in [0.25, 0.3) is 0 Å². The molecule has 4 N–H and O–H groups in total. The standard InChI is InChI=1S/C18H35N5O3/c1-5-19-17(21-10-9-20-16(24)14-7-8-14)22-12-15(11-13(3)4)23-18(25)26-6-2/h13-15H,5-12H2,1-4H3,(H,20,24)(H,23,25)(H2,19,21,22). The first-order chi connectivity index (χ1) is 12.5. The number of alkyl carbamates (subject to hydrolysis) is 1. The molecule has 0 aromatic heterocycles. The van der Waals surface area contributed by atoms with E-state index in [1.807, 2.05) is 6.92 Å². The lowest BCUT2D eigenvalue weighted by Crippen LogP contribution is -2.43. The lowest BCUT2D eigenvalue weighted by Gasteiger charge is -2.19. The van der Waals surface area contributed by atoms with E-state index in [1.165, 1.54) is 0 Å². The molecule has 0 aliphatic heterocycles. The molecule has 1 aliphatic carbocycles. The quantitative estimate of drug-likeness (QED) is 0.249. The maximum Gasteiger partial charge on any atom is 0.407 e. The number of nitrogens with zero attached hydrogens (tertiary/aromatic N) is 1. The van der Waals surface area contributed by atoms with Crippen molar-refractivity contribution in [3.63, 3.8) is 0 Å². The van der Waals surface area contributed by atoms with Gasteiger partial charge in [-0.05, 0) is 39.0 Å². The summed E-state index contributed by atoms with van der Waals surface area (Å²) in [5, 5.41) is 12.2. The zero-order chi connectivity index (χ0) is 19.4. The molecular weight excluding hydrogens is 334 g/mol. The fourth-order valence-corrected chi connectivity index (χ4v) is 2.49. The van der Waals surface area contributed by atoms with E-state index in [0.29, 0.717) is 38.1 Å². The SMILES string of the molecule is CCNC(=NCC(CC(C)C)NC(=O)OCC)NCCNC(=O)C1CC1. The molecule has 26 heavy (non-hydrogen) atoms. The molecule has 0 bridgehead atoms. The van der Waals surface area contributed by atoms with Crippen LogP contribution in [0.15, 0.2) is 4.99 Å². The third-order valence-corrected chi connectivity index (χ3v) is 3.83. The Balaban J connectivity index is 2.44. The first-order valence-corrected chi connectivity index (χ1v) is 9.69. The second kappa shape index (κ2) is 12.4. The average molecular weight is 370 g/mol. The number of carbonyl (C=O) groups is 2. The first-order valence-electron chi connectivity index (χ1n) is 9.69. The number of guanidine groups is 1. The number of hydrogen-bond donors (Lipinski definition) is 4. The first kappa shape index (κ1) is 22.1. The molecule has 1 atom stereocenters. The van der Waals surface area contributed by atoms with Crippen LogP contribution in [0.3, 0.4) is 0 Å². The summed E-state index contributed by atoms with van der Waals surface area (Å²) >= 11 is 0. The summed E-state index contributed by atoms with van der Waals surface area (Å²) in [5.74, 6) is 1.48. The number of aliphatic imine (C=N–C) groups is 1. The predicted molar refractivity (Wildman–Crippen MR) is 103 cm³/mol. The summed E-state index contributed by atoms with van der Waals surface area (Å²) in [4.78, 5) is 27.9. The van der Waals surface area contributed by atoms with Gasteiger partial charge in [-0.2, -0.15) is 0 Å². The molecule has 0 radical (unpaired) electrons. The van der Waals surface area contributed by atoms with Crippen molar-refractivity contribution >= 4 is 18.0 Å². The molecule has 1 fully saturated rings. The normalized spacial score (nSPS) is 15.3. The van der Waals surface area contributed by atoms with Crippen LogP contribution in [0, 0.1) is 11.8 Å². The van der Waals surface area contributed by atoms with E-state index in [-0.39, 0.29) is 17.9 Å². The Bertz CT molecular complexity index is 464. The lowest BCUT2D eigenvalue weighted by atomic mass is 10.0. The van der Waals surface area contributed by atoms with Crippen LogP contribution >= 0.6 is 0 Å². The Morgan fingerprint density at radius 3 is 2.38 bits per heavy atom. The van der Waals surface area contributed by atoms with Crippen LogP contribution in [-0.2, 0) is 9.53 Å². The lowest BCUT2D eigenvalue weighted by molar-refractivity contribution is -0.122. The fraction of sp³-hybridized carbons (Fsp3) is 0.833. The van der Waals surface area contributed by atoms with Crippen molar-refractivity contribution in [1.82, 2.24) is 21.3 Å². The summed E-state index contributed by atoms with van der Waals surface area (Å²) in [6.45, 7) is 10.7. The third kappa shape index (κ3) is 10.1. The predicted octanol–water partition coefficient (Wildman–Crippen LogP) is 1.23. The van der Waals surface area contributed by atoms with E-state index in [0.717, 1.165) is 25.8 Å². The zero-order valence-electron chi connectivity index (χ0n) is 16.6. The van der Waals surface area contributed by atoms with Gasteiger partial charge in [0.05, 0.1) is 19.2 Å². The van der Waals surface area contributed by atoms with E-state index in [4.69, 9.17) is 4.74 Å². The van der Waals surface area contributed by atoms with Gasteiger partial charge in [-0.3, -0.25) is 9.79 Å². The topological polar surface area (TPSA) is 104 Å². The summed E-state index contributed by atoms with van der Waals surface area (Å²) in [5.41, 5.74) is 0. The second-order valence-electron chi connectivity index (χ2n) is 6.90. The molecule has 0 aromatic rings. The number of amides is 2. The molecule has 8 heteroatoms. The molecular formula is C18H35N5O3. The van der Waals surface area contributed by atoms with Crippen LogP contribution < -0.4 is 21.3 Å². The molecule has 1 saturated carbocycles. The largest absolute Gasteiger partial charge is 0.450 e. The Labute approximate surface area is 156 Å². The van der Waals surface area contributed by atoms with Gasteiger partial charge in [0.2, 0.25) is 5.91 Å². The molecule has 0 spiro atoms. The van der Waals surface area contributed by atoms with Crippen LogP contribution in [0.1, 0.15) is 47.0 Å². The molecule has 1 unspecified atom stereocenters. The Hall–Kier alpha value is -1.99. The Morgan fingerprint density at radius 1 is 1.12 bits per heavy atom. The van der Waals surface area contributed by atoms with Gasteiger partial charge in [0.1, 0.15) is 0 Å². The zero-order valence-corrected chi connectivity index (χ0v) is 16.6. The molecule has 0 heterocycles. The maximum absolute atomic E-state index is 11.7. The van der Waals surface area contributed by atoms with Crippen molar-refractivity contribution in [3.05, 3.63) is 0 Å². The number of nitrogens with one attached hydrogen (secondary N) is 4. The number of rotatable bonds is 11. The Kier molecular flexibility index (Phi) is 10.5. The van der Waals surface area contributed by atoms with Gasteiger partial charge >= 0.3 is 6.09 Å². The molecule has 8 nitrogen and oxygen atoms in total. The number of carbonyl (C=O) groups excluding carboxylic acids is 2. The minimum absolute atomic E-state index is 0.0842. The van der Waals surface area contributed by atoms with Crippen molar-refractivity contribution in [2.75, 3.05) is 32.8 Å². The van der Waals surface area contributed by atoms with Crippen molar-refractivity contribution in [2.24, 2.45) is 16.8 Å². The summed E-state index contributed by atoms with van der Waals surface area (Å²) < 4.78 is 4.96. The fourth-order valence-electron chi connectivity index (χ4n) is 2.49. The van der Waals surface area contributed by atoms with E-state index in [1.54, 1.807) is 6.92 Å². The molecule has 1 aliphatic rings. The maximum atomic E-state index is 11.7. The molecule has 2 amide bonds.